The van der Waals surface area contributed by atoms with Crippen molar-refractivity contribution in [3.05, 3.63) is 0 Å². The van der Waals surface area contributed by atoms with Crippen LogP contribution in [0.1, 0.15) is 40.5 Å². The van der Waals surface area contributed by atoms with Gasteiger partial charge in [0.2, 0.25) is 0 Å². The van der Waals surface area contributed by atoms with Crippen LogP contribution in [0.4, 0.5) is 13.2 Å². The molecule has 0 aromatic heterocycles. The maximum atomic E-state index is 12.6. The summed E-state index contributed by atoms with van der Waals surface area (Å²) in [6, 6.07) is -0.263. The lowest BCUT2D eigenvalue weighted by Gasteiger charge is -2.32. The second-order valence-electron chi connectivity index (χ2n) is 7.05. The lowest BCUT2D eigenvalue weighted by molar-refractivity contribution is -0.152. The van der Waals surface area contributed by atoms with E-state index in [0.29, 0.717) is 16.8 Å². The van der Waals surface area contributed by atoms with E-state index in [9.17, 15) is 26.4 Å². The lowest BCUT2D eigenvalue weighted by atomic mass is 10.1. The summed E-state index contributed by atoms with van der Waals surface area (Å²) < 4.78 is 66.2. The van der Waals surface area contributed by atoms with Gasteiger partial charge in [-0.15, -0.1) is 0 Å². The molecule has 0 bridgehead atoms. The number of nitrogens with zero attached hydrogens (tertiary/aromatic N) is 2. The highest BCUT2D eigenvalue weighted by Gasteiger charge is 2.50. The Morgan fingerprint density at radius 2 is 1.78 bits per heavy atom. The summed E-state index contributed by atoms with van der Waals surface area (Å²) in [6.45, 7) is 6.84. The first-order valence-corrected chi connectivity index (χ1v) is 10.0. The monoisotopic (exact) mass is 416 g/mol. The number of carbonyl (C=O) groups excluding carboxylic acids is 1. The van der Waals surface area contributed by atoms with Crippen LogP contribution in [0.2, 0.25) is 0 Å². The molecule has 158 valence electrons. The van der Waals surface area contributed by atoms with Gasteiger partial charge < -0.3 is 15.4 Å². The van der Waals surface area contributed by atoms with E-state index in [-0.39, 0.29) is 38.5 Å². The van der Waals surface area contributed by atoms with Crippen molar-refractivity contribution in [1.29, 1.82) is 0 Å². The summed E-state index contributed by atoms with van der Waals surface area (Å²) in [6.07, 6.45) is 0.373. The molecule has 12 heteroatoms. The Morgan fingerprint density at radius 3 is 2.22 bits per heavy atom. The number of hydrogen-bond donors (Lipinski definition) is 2. The number of rotatable bonds is 5. The Balaban J connectivity index is 2.63. The number of sulfonamides is 1. The van der Waals surface area contributed by atoms with Crippen LogP contribution in [-0.4, -0.2) is 68.0 Å². The third kappa shape index (κ3) is 7.53. The van der Waals surface area contributed by atoms with Crippen LogP contribution >= 0.6 is 0 Å². The summed E-state index contributed by atoms with van der Waals surface area (Å²) in [4.78, 5) is 15.8. The summed E-state index contributed by atoms with van der Waals surface area (Å²) in [5, 5.41) is 5.95. The predicted octanol–water partition coefficient (Wildman–Crippen LogP) is 1.20. The minimum atomic E-state index is -5.30. The smallest absolute Gasteiger partial charge is 0.459 e. The van der Waals surface area contributed by atoms with Gasteiger partial charge in [-0.05, 0) is 40.5 Å². The third-order valence-corrected chi connectivity index (χ3v) is 5.19. The molecule has 2 N–H and O–H groups in total. The van der Waals surface area contributed by atoms with Gasteiger partial charge in [-0.1, -0.05) is 0 Å². The fourth-order valence-corrected chi connectivity index (χ4v) is 3.40. The zero-order chi connectivity index (χ0) is 20.9. The van der Waals surface area contributed by atoms with Crippen molar-refractivity contribution in [2.45, 2.75) is 57.7 Å². The van der Waals surface area contributed by atoms with E-state index in [1.165, 1.54) is 0 Å². The molecule has 0 aromatic rings. The third-order valence-electron chi connectivity index (χ3n) is 3.56. The van der Waals surface area contributed by atoms with Crippen LogP contribution in [0.15, 0.2) is 4.99 Å². The first kappa shape index (κ1) is 23.5. The molecule has 1 rings (SSSR count). The number of carbonyl (C=O) groups is 1. The number of piperidine rings is 1. The molecule has 27 heavy (non-hydrogen) atoms. The summed E-state index contributed by atoms with van der Waals surface area (Å²) in [5.41, 5.74) is -5.92. The molecule has 0 saturated carbocycles. The Morgan fingerprint density at radius 1 is 1.22 bits per heavy atom. The van der Waals surface area contributed by atoms with Crippen LogP contribution in [0.5, 0.6) is 0 Å². The molecule has 0 aromatic carbocycles. The van der Waals surface area contributed by atoms with Crippen molar-refractivity contribution in [2.75, 3.05) is 26.2 Å². The number of guanidine groups is 1. The summed E-state index contributed by atoms with van der Waals surface area (Å²) in [7, 11) is -5.30. The fourth-order valence-electron chi connectivity index (χ4n) is 2.42. The number of nitrogens with one attached hydrogen (secondary N) is 2. The first-order valence-electron chi connectivity index (χ1n) is 8.59. The Labute approximate surface area is 157 Å². The molecular weight excluding hydrogens is 389 g/mol. The second-order valence-corrected chi connectivity index (χ2v) is 8.98. The van der Waals surface area contributed by atoms with E-state index < -0.39 is 27.1 Å². The molecule has 0 aliphatic carbocycles. The van der Waals surface area contributed by atoms with Crippen molar-refractivity contribution in [3.63, 3.8) is 0 Å². The number of hydrogen-bond acceptors (Lipinski definition) is 5. The van der Waals surface area contributed by atoms with E-state index >= 15 is 0 Å². The molecule has 0 unspecified atom stereocenters. The zero-order valence-electron chi connectivity index (χ0n) is 15.9. The maximum Gasteiger partial charge on any atom is 0.511 e. The Kier molecular flexibility index (Phi) is 7.90. The molecule has 0 radical (unpaired) electrons. The van der Waals surface area contributed by atoms with Gasteiger partial charge in [0.15, 0.2) is 5.96 Å². The molecule has 1 aliphatic heterocycles. The largest absolute Gasteiger partial charge is 0.511 e. The average molecular weight is 416 g/mol. The first-order chi connectivity index (χ1) is 12.3. The molecule has 1 saturated heterocycles. The summed E-state index contributed by atoms with van der Waals surface area (Å²) in [5.74, 6) is -0.189. The van der Waals surface area contributed by atoms with Crippen LogP contribution in [0.3, 0.4) is 0 Å². The molecule has 1 heterocycles. The summed E-state index contributed by atoms with van der Waals surface area (Å²) >= 11 is 0. The zero-order valence-corrected chi connectivity index (χ0v) is 16.7. The van der Waals surface area contributed by atoms with E-state index in [4.69, 9.17) is 4.74 Å². The van der Waals surface area contributed by atoms with E-state index in [1.54, 1.807) is 20.8 Å². The van der Waals surface area contributed by atoms with Crippen molar-refractivity contribution in [1.82, 2.24) is 14.9 Å². The van der Waals surface area contributed by atoms with E-state index in [1.807, 2.05) is 6.92 Å². The van der Waals surface area contributed by atoms with Crippen molar-refractivity contribution in [3.8, 4) is 0 Å². The Hall–Kier alpha value is -1.56. The highest BCUT2D eigenvalue weighted by Crippen LogP contribution is 2.28. The molecular formula is C15H27F3N4O4S. The molecule has 8 nitrogen and oxygen atoms in total. The Bertz CT molecular complexity index is 636. The molecule has 0 amide bonds. The van der Waals surface area contributed by atoms with E-state index in [0.717, 1.165) is 0 Å². The van der Waals surface area contributed by atoms with Crippen molar-refractivity contribution >= 4 is 22.0 Å². The van der Waals surface area contributed by atoms with Gasteiger partial charge in [-0.2, -0.15) is 17.5 Å². The predicted molar refractivity (Wildman–Crippen MR) is 94.5 cm³/mol. The minimum absolute atomic E-state index is 0.187. The number of halogens is 3. The van der Waals surface area contributed by atoms with Crippen molar-refractivity contribution < 1.29 is 31.1 Å². The topological polar surface area (TPSA) is 100 Å². The number of esters is 1. The van der Waals surface area contributed by atoms with Crippen LogP contribution in [0, 0.1) is 0 Å². The quantitative estimate of drug-likeness (QED) is 0.397. The fraction of sp³-hybridized carbons (Fsp3) is 0.867. The van der Waals surface area contributed by atoms with Gasteiger partial charge in [-0.3, -0.25) is 4.79 Å². The molecule has 1 aliphatic rings. The van der Waals surface area contributed by atoms with Gasteiger partial charge in [0, 0.05) is 25.7 Å². The number of alkyl halides is 3. The molecule has 0 spiro atoms. The maximum absolute atomic E-state index is 12.6. The lowest BCUT2D eigenvalue weighted by Crippen LogP contribution is -2.51. The van der Waals surface area contributed by atoms with Gasteiger partial charge in [0.25, 0.3) is 0 Å². The molecule has 0 atom stereocenters. The minimum Gasteiger partial charge on any atom is -0.459 e. The van der Waals surface area contributed by atoms with Gasteiger partial charge >= 0.3 is 21.5 Å². The highest BCUT2D eigenvalue weighted by atomic mass is 32.2. The second kappa shape index (κ2) is 9.09. The average Bonchev–Trinajstić information content (AvgIpc) is 2.50. The molecule has 1 fully saturated rings. The standard InChI is InChI=1S/C15H27F3N4O4S/c1-5-19-13(20-10-12(23)26-14(2,3)4)21-11-6-8-22(9-7-11)27(24,25)15(16,17)18/h11H,5-10H2,1-4H3,(H2,19,20,21). The van der Waals surface area contributed by atoms with Gasteiger partial charge in [0.05, 0.1) is 0 Å². The number of ether oxygens (including phenoxy) is 1. The van der Waals surface area contributed by atoms with E-state index in [2.05, 4.69) is 15.6 Å². The van der Waals surface area contributed by atoms with Crippen LogP contribution in [-0.2, 0) is 19.6 Å². The SMILES string of the molecule is CCNC(=NCC(=O)OC(C)(C)C)NC1CCN(S(=O)(=O)C(F)(F)F)CC1. The number of aliphatic imine (C=N–C) groups is 1. The normalized spacial score (nSPS) is 18.3. The van der Waals surface area contributed by atoms with Gasteiger partial charge in [-0.25, -0.2) is 13.4 Å². The van der Waals surface area contributed by atoms with Crippen LogP contribution in [0.25, 0.3) is 0 Å². The van der Waals surface area contributed by atoms with Crippen molar-refractivity contribution in [2.24, 2.45) is 4.99 Å². The van der Waals surface area contributed by atoms with Crippen LogP contribution < -0.4 is 10.6 Å². The highest BCUT2D eigenvalue weighted by molar-refractivity contribution is 7.90. The van der Waals surface area contributed by atoms with Gasteiger partial charge in [0.1, 0.15) is 12.1 Å².